The van der Waals surface area contributed by atoms with E-state index < -0.39 is 31.1 Å². The van der Waals surface area contributed by atoms with Crippen molar-refractivity contribution in [2.45, 2.75) is 50.2 Å². The standard InChI is InChI=1S/C14H19ClN5O5P/c1-7(2)24-26(21)22-4-8-10(25-26)14(3,15)13(23-8)20-6-19-9-11(16)17-5-18-12(9)20/h5-8,10,13H,4H2,1-3H3,(H2,16,17,18)/t8-,10-,13-,14-,26?/m1/s1. The first-order valence-corrected chi connectivity index (χ1v) is 9.94. The van der Waals surface area contributed by atoms with Gasteiger partial charge in [0.25, 0.3) is 0 Å². The number of hydrogen-bond acceptors (Lipinski definition) is 9. The van der Waals surface area contributed by atoms with Crippen molar-refractivity contribution in [3.8, 4) is 0 Å². The van der Waals surface area contributed by atoms with Crippen molar-refractivity contribution in [1.82, 2.24) is 19.5 Å². The van der Waals surface area contributed by atoms with Gasteiger partial charge in [-0.3, -0.25) is 18.1 Å². The second-order valence-corrected chi connectivity index (χ2v) is 9.07. The summed E-state index contributed by atoms with van der Waals surface area (Å²) in [7, 11) is -3.71. The SMILES string of the molecule is CC(C)OP1(=O)OC[C@H]2O[C@@H](n3cnc4c(N)ncnc43)[C@](C)(Cl)[C@@H]2O1. The van der Waals surface area contributed by atoms with Gasteiger partial charge in [0.05, 0.1) is 19.0 Å². The number of nitrogen functional groups attached to an aromatic ring is 1. The molecule has 2 aromatic rings. The second-order valence-electron chi connectivity index (χ2n) is 6.68. The lowest BCUT2D eigenvalue weighted by molar-refractivity contribution is -0.0733. The van der Waals surface area contributed by atoms with Crippen molar-refractivity contribution < 1.29 is 22.9 Å². The molecule has 12 heteroatoms. The van der Waals surface area contributed by atoms with Crippen molar-refractivity contribution in [1.29, 1.82) is 0 Å². The van der Waals surface area contributed by atoms with E-state index in [1.807, 2.05) is 0 Å². The minimum absolute atomic E-state index is 0.0389. The van der Waals surface area contributed by atoms with E-state index in [1.165, 1.54) is 12.7 Å². The maximum absolute atomic E-state index is 12.7. The topological polar surface area (TPSA) is 124 Å². The second kappa shape index (κ2) is 6.12. The fourth-order valence-corrected chi connectivity index (χ4v) is 5.25. The van der Waals surface area contributed by atoms with Crippen molar-refractivity contribution >= 4 is 36.4 Å². The molecule has 2 N–H and O–H groups in total. The molecule has 142 valence electrons. The first-order chi connectivity index (χ1) is 12.2. The Bertz CT molecular complexity index is 890. The van der Waals surface area contributed by atoms with Gasteiger partial charge < -0.3 is 10.5 Å². The van der Waals surface area contributed by atoms with Crippen molar-refractivity contribution in [3.05, 3.63) is 12.7 Å². The number of nitrogens with two attached hydrogens (primary N) is 1. The summed E-state index contributed by atoms with van der Waals surface area (Å²) in [6.07, 6.45) is 0.639. The van der Waals surface area contributed by atoms with Gasteiger partial charge in [-0.2, -0.15) is 0 Å². The number of halogens is 1. The lowest BCUT2D eigenvalue weighted by atomic mass is 10.0. The van der Waals surface area contributed by atoms with E-state index in [0.717, 1.165) is 0 Å². The maximum Gasteiger partial charge on any atom is 0.475 e. The third-order valence-corrected chi connectivity index (χ3v) is 6.33. The lowest BCUT2D eigenvalue weighted by Gasteiger charge is -2.35. The molecule has 2 fully saturated rings. The molecule has 0 bridgehead atoms. The van der Waals surface area contributed by atoms with Gasteiger partial charge in [-0.15, -0.1) is 11.6 Å². The van der Waals surface area contributed by atoms with Crippen molar-refractivity contribution in [3.63, 3.8) is 0 Å². The summed E-state index contributed by atoms with van der Waals surface area (Å²) in [5.41, 5.74) is 6.77. The van der Waals surface area contributed by atoms with Crippen LogP contribution in [0.4, 0.5) is 5.82 Å². The summed E-state index contributed by atoms with van der Waals surface area (Å²) < 4.78 is 36.7. The molecule has 0 saturated carbocycles. The third-order valence-electron chi connectivity index (χ3n) is 4.30. The monoisotopic (exact) mass is 403 g/mol. The van der Waals surface area contributed by atoms with Crippen LogP contribution >= 0.6 is 19.4 Å². The fraction of sp³-hybridized carbons (Fsp3) is 0.643. The summed E-state index contributed by atoms with van der Waals surface area (Å²) in [5, 5.41) is 0. The van der Waals surface area contributed by atoms with Gasteiger partial charge in [-0.25, -0.2) is 19.5 Å². The highest BCUT2D eigenvalue weighted by atomic mass is 35.5. The Balaban J connectivity index is 1.68. The molecule has 26 heavy (non-hydrogen) atoms. The molecule has 2 aromatic heterocycles. The number of aromatic nitrogens is 4. The fourth-order valence-electron chi connectivity index (χ4n) is 3.20. The molecule has 0 amide bonds. The van der Waals surface area contributed by atoms with E-state index in [9.17, 15) is 4.57 Å². The number of anilines is 1. The molecule has 5 atom stereocenters. The van der Waals surface area contributed by atoms with Crippen LogP contribution in [0.25, 0.3) is 11.2 Å². The summed E-state index contributed by atoms with van der Waals surface area (Å²) in [5.74, 6) is 0.259. The van der Waals surface area contributed by atoms with Gasteiger partial charge in [0.2, 0.25) is 0 Å². The van der Waals surface area contributed by atoms with Crippen LogP contribution in [-0.4, -0.2) is 49.3 Å². The molecule has 0 radical (unpaired) electrons. The number of fused-ring (bicyclic) bond motifs is 2. The molecule has 0 spiro atoms. The van der Waals surface area contributed by atoms with E-state index >= 15 is 0 Å². The Hall–Kier alpha value is -1.29. The number of nitrogens with zero attached hydrogens (tertiary/aromatic N) is 4. The first-order valence-electron chi connectivity index (χ1n) is 8.10. The van der Waals surface area contributed by atoms with Crippen LogP contribution in [0, 0.1) is 0 Å². The van der Waals surface area contributed by atoms with E-state index in [0.29, 0.717) is 11.2 Å². The molecule has 0 aromatic carbocycles. The van der Waals surface area contributed by atoms with Crippen LogP contribution < -0.4 is 5.73 Å². The summed E-state index contributed by atoms with van der Waals surface area (Å²) in [6.45, 7) is 5.27. The molecule has 0 aliphatic carbocycles. The molecule has 2 aliphatic rings. The Morgan fingerprint density at radius 2 is 2.23 bits per heavy atom. The van der Waals surface area contributed by atoms with E-state index in [2.05, 4.69) is 15.0 Å². The predicted octanol–water partition coefficient (Wildman–Crippen LogP) is 2.25. The third kappa shape index (κ3) is 2.81. The molecule has 2 saturated heterocycles. The molecule has 4 rings (SSSR count). The number of imidazole rings is 1. The van der Waals surface area contributed by atoms with E-state index in [1.54, 1.807) is 25.3 Å². The van der Waals surface area contributed by atoms with Gasteiger partial charge in [0, 0.05) is 0 Å². The number of rotatable bonds is 3. The Labute approximate surface area is 154 Å². The molecular weight excluding hydrogens is 385 g/mol. The average molecular weight is 404 g/mol. The largest absolute Gasteiger partial charge is 0.475 e. The van der Waals surface area contributed by atoms with E-state index in [-0.39, 0.29) is 18.5 Å². The van der Waals surface area contributed by atoms with Gasteiger partial charge in [0.15, 0.2) is 17.7 Å². The lowest BCUT2D eigenvalue weighted by Crippen LogP contribution is -2.44. The minimum Gasteiger partial charge on any atom is -0.382 e. The Morgan fingerprint density at radius 3 is 2.96 bits per heavy atom. The van der Waals surface area contributed by atoms with Crippen LogP contribution in [0.15, 0.2) is 12.7 Å². The van der Waals surface area contributed by atoms with Gasteiger partial charge >= 0.3 is 7.82 Å². The zero-order valence-corrected chi connectivity index (χ0v) is 16.1. The molecule has 10 nitrogen and oxygen atoms in total. The van der Waals surface area contributed by atoms with Crippen LogP contribution in [0.5, 0.6) is 0 Å². The molecule has 1 unspecified atom stereocenters. The number of alkyl halides is 1. The summed E-state index contributed by atoms with van der Waals surface area (Å²) in [4.78, 5) is 11.3. The quantitative estimate of drug-likeness (QED) is 0.606. The van der Waals surface area contributed by atoms with Crippen LogP contribution in [0.1, 0.15) is 27.0 Å². The highest BCUT2D eigenvalue weighted by molar-refractivity contribution is 7.48. The molecule has 4 heterocycles. The van der Waals surface area contributed by atoms with Crippen LogP contribution in [0.3, 0.4) is 0 Å². The molecular formula is C14H19ClN5O5P. The number of phosphoric ester groups is 1. The highest BCUT2D eigenvalue weighted by Gasteiger charge is 2.60. The Morgan fingerprint density at radius 1 is 1.46 bits per heavy atom. The minimum atomic E-state index is -3.71. The average Bonchev–Trinajstić information content (AvgIpc) is 3.07. The first kappa shape index (κ1) is 18.1. The zero-order chi connectivity index (χ0) is 18.7. The van der Waals surface area contributed by atoms with Crippen LogP contribution in [-0.2, 0) is 22.9 Å². The summed E-state index contributed by atoms with van der Waals surface area (Å²) >= 11 is 6.80. The maximum atomic E-state index is 12.7. The highest BCUT2D eigenvalue weighted by Crippen LogP contribution is 2.60. The number of ether oxygens (including phenoxy) is 1. The van der Waals surface area contributed by atoms with Gasteiger partial charge in [-0.05, 0) is 20.8 Å². The van der Waals surface area contributed by atoms with Gasteiger partial charge in [-0.1, -0.05) is 0 Å². The number of hydrogen-bond donors (Lipinski definition) is 1. The van der Waals surface area contributed by atoms with Crippen molar-refractivity contribution in [2.24, 2.45) is 0 Å². The predicted molar refractivity (Wildman–Crippen MR) is 92.6 cm³/mol. The van der Waals surface area contributed by atoms with Crippen LogP contribution in [0.2, 0.25) is 0 Å². The molecule has 2 aliphatic heterocycles. The summed E-state index contributed by atoms with van der Waals surface area (Å²) in [6, 6.07) is 0. The van der Waals surface area contributed by atoms with Gasteiger partial charge in [0.1, 0.15) is 28.9 Å². The smallest absolute Gasteiger partial charge is 0.382 e. The number of phosphoric acid groups is 1. The Kier molecular flexibility index (Phi) is 4.26. The zero-order valence-electron chi connectivity index (χ0n) is 14.4. The van der Waals surface area contributed by atoms with Crippen molar-refractivity contribution in [2.75, 3.05) is 12.3 Å². The van der Waals surface area contributed by atoms with E-state index in [4.69, 9.17) is 35.6 Å². The normalized spacial score (nSPS) is 37.3.